The summed E-state index contributed by atoms with van der Waals surface area (Å²) >= 11 is 0.845. The normalized spacial score (nSPS) is 12.4. The van der Waals surface area contributed by atoms with Crippen LogP contribution in [0.3, 0.4) is 0 Å². The van der Waals surface area contributed by atoms with Crippen LogP contribution < -0.4 is 4.72 Å². The largest absolute Gasteiger partial charge is 0.416 e. The van der Waals surface area contributed by atoms with Gasteiger partial charge in [-0.2, -0.15) is 22.0 Å². The Bertz CT molecular complexity index is 860. The molecule has 0 bridgehead atoms. The highest BCUT2D eigenvalue weighted by molar-refractivity contribution is 7.99. The molecule has 25 heavy (non-hydrogen) atoms. The van der Waals surface area contributed by atoms with Crippen molar-refractivity contribution in [2.75, 3.05) is 0 Å². The van der Waals surface area contributed by atoms with E-state index >= 15 is 0 Å². The molecule has 0 atom stereocenters. The van der Waals surface area contributed by atoms with Crippen LogP contribution in [0.1, 0.15) is 15.2 Å². The summed E-state index contributed by atoms with van der Waals surface area (Å²) in [7, 11) is -4.45. The van der Waals surface area contributed by atoms with Gasteiger partial charge in [-0.1, -0.05) is 11.8 Å². The van der Waals surface area contributed by atoms with Crippen LogP contribution >= 0.6 is 23.1 Å². The van der Waals surface area contributed by atoms with E-state index in [0.717, 1.165) is 11.3 Å². The van der Waals surface area contributed by atoms with Gasteiger partial charge in [0.25, 0.3) is 21.7 Å². The molecule has 2 rings (SSSR count). The fourth-order valence-electron chi connectivity index (χ4n) is 1.70. The Morgan fingerprint density at radius 1 is 1.12 bits per heavy atom. The number of benzene rings is 1. The van der Waals surface area contributed by atoms with E-state index in [4.69, 9.17) is 0 Å². The van der Waals surface area contributed by atoms with Gasteiger partial charge in [0.15, 0.2) is 0 Å². The molecule has 1 amide bonds. The molecule has 2 aromatic rings. The highest BCUT2D eigenvalue weighted by atomic mass is 32.2. The van der Waals surface area contributed by atoms with Crippen molar-refractivity contribution < 1.29 is 35.2 Å². The third-order valence-electron chi connectivity index (χ3n) is 2.77. The Hall–Kier alpha value is -1.66. The van der Waals surface area contributed by atoms with Crippen molar-refractivity contribution in [2.45, 2.75) is 21.7 Å². The van der Waals surface area contributed by atoms with Crippen LogP contribution in [-0.2, 0) is 16.2 Å². The van der Waals surface area contributed by atoms with Crippen molar-refractivity contribution in [2.24, 2.45) is 0 Å². The Morgan fingerprint density at radius 3 is 2.24 bits per heavy atom. The van der Waals surface area contributed by atoms with Gasteiger partial charge < -0.3 is 0 Å². The number of alkyl halides is 5. The number of sulfonamides is 1. The first-order valence-corrected chi connectivity index (χ1v) is 9.51. The van der Waals surface area contributed by atoms with Crippen molar-refractivity contribution in [1.29, 1.82) is 0 Å². The molecule has 136 valence electrons. The Balaban J connectivity index is 2.21. The summed E-state index contributed by atoms with van der Waals surface area (Å²) in [5.74, 6) is -3.94. The summed E-state index contributed by atoms with van der Waals surface area (Å²) < 4.78 is 88.0. The maximum Gasteiger partial charge on any atom is 0.416 e. The van der Waals surface area contributed by atoms with Gasteiger partial charge in [-0.15, -0.1) is 11.3 Å². The molecule has 1 N–H and O–H groups in total. The average molecular weight is 417 g/mol. The average Bonchev–Trinajstić information content (AvgIpc) is 2.93. The van der Waals surface area contributed by atoms with Crippen molar-refractivity contribution in [1.82, 2.24) is 4.72 Å². The third kappa shape index (κ3) is 4.92. The van der Waals surface area contributed by atoms with E-state index in [1.807, 2.05) is 0 Å². The first kappa shape index (κ1) is 19.7. The lowest BCUT2D eigenvalue weighted by molar-refractivity contribution is -0.137. The number of halogens is 5. The maximum absolute atomic E-state index is 12.5. The van der Waals surface area contributed by atoms with Crippen LogP contribution in [0.15, 0.2) is 45.5 Å². The number of hydrogen-bond acceptors (Lipinski definition) is 5. The van der Waals surface area contributed by atoms with Gasteiger partial charge >= 0.3 is 6.18 Å². The molecule has 0 radical (unpaired) electrons. The minimum Gasteiger partial charge on any atom is -0.267 e. The van der Waals surface area contributed by atoms with Crippen molar-refractivity contribution in [3.05, 3.63) is 46.2 Å². The van der Waals surface area contributed by atoms with E-state index in [2.05, 4.69) is 0 Å². The van der Waals surface area contributed by atoms with Crippen LogP contribution in [0.4, 0.5) is 22.0 Å². The summed E-state index contributed by atoms with van der Waals surface area (Å²) in [5, 5.41) is 1.34. The van der Waals surface area contributed by atoms with Gasteiger partial charge in [-0.25, -0.2) is 13.1 Å². The minimum absolute atomic E-state index is 0.0830. The van der Waals surface area contributed by atoms with Gasteiger partial charge in [0.05, 0.1) is 10.5 Å². The summed E-state index contributed by atoms with van der Waals surface area (Å²) in [6.45, 7) is 0. The third-order valence-corrected chi connectivity index (χ3v) is 5.93. The highest BCUT2D eigenvalue weighted by Gasteiger charge is 2.31. The SMILES string of the molecule is O=C(NS(=O)(=O)c1ccc(C(F)(F)F)cc1)c1sccc1SC(F)F. The molecule has 0 saturated heterocycles. The lowest BCUT2D eigenvalue weighted by Gasteiger charge is -2.09. The number of rotatable bonds is 5. The zero-order valence-electron chi connectivity index (χ0n) is 11.9. The van der Waals surface area contributed by atoms with Crippen LogP contribution in [0.5, 0.6) is 0 Å². The molecule has 1 aromatic carbocycles. The van der Waals surface area contributed by atoms with Crippen LogP contribution in [0.25, 0.3) is 0 Å². The van der Waals surface area contributed by atoms with E-state index in [9.17, 15) is 35.2 Å². The fourth-order valence-corrected chi connectivity index (χ4v) is 4.32. The van der Waals surface area contributed by atoms with Crippen LogP contribution in [-0.4, -0.2) is 20.1 Å². The molecule has 4 nitrogen and oxygen atoms in total. The molecular weight excluding hydrogens is 409 g/mol. The summed E-state index contributed by atoms with van der Waals surface area (Å²) in [6.07, 6.45) is -4.64. The first-order valence-electron chi connectivity index (χ1n) is 6.27. The molecule has 0 aliphatic carbocycles. The van der Waals surface area contributed by atoms with E-state index in [0.29, 0.717) is 24.3 Å². The second-order valence-electron chi connectivity index (χ2n) is 4.45. The monoisotopic (exact) mass is 417 g/mol. The molecular formula is C13H8F5NO3S3. The number of carbonyl (C=O) groups is 1. The number of thiophene rings is 1. The Labute approximate surface area is 147 Å². The zero-order chi connectivity index (χ0) is 18.8. The molecule has 1 aromatic heterocycles. The van der Waals surface area contributed by atoms with Crippen LogP contribution in [0.2, 0.25) is 0 Å². The van der Waals surface area contributed by atoms with Gasteiger partial charge in [0, 0.05) is 4.90 Å². The standard InChI is InChI=1S/C13H8F5NO3S3/c14-12(15)24-9-5-6-23-10(9)11(20)19-25(21,22)8-3-1-7(2-4-8)13(16,17)18/h1-6,12H,(H,19,20). The first-order chi connectivity index (χ1) is 11.5. The summed E-state index contributed by atoms with van der Waals surface area (Å²) in [6, 6.07) is 3.75. The number of carbonyl (C=O) groups excluding carboxylic acids is 1. The highest BCUT2D eigenvalue weighted by Crippen LogP contribution is 2.32. The minimum atomic E-state index is -4.64. The molecule has 0 spiro atoms. The van der Waals surface area contributed by atoms with E-state index in [1.54, 1.807) is 4.72 Å². The van der Waals surface area contributed by atoms with E-state index < -0.39 is 38.3 Å². The van der Waals surface area contributed by atoms with Crippen molar-refractivity contribution in [3.8, 4) is 0 Å². The Kier molecular flexibility index (Phi) is 5.74. The van der Waals surface area contributed by atoms with E-state index in [-0.39, 0.29) is 21.5 Å². The van der Waals surface area contributed by atoms with Gasteiger partial charge in [-0.05, 0) is 35.7 Å². The number of amides is 1. The number of thioether (sulfide) groups is 1. The molecule has 0 fully saturated rings. The smallest absolute Gasteiger partial charge is 0.267 e. The molecule has 0 aliphatic rings. The molecule has 12 heteroatoms. The molecule has 0 unspecified atom stereocenters. The summed E-state index contributed by atoms with van der Waals surface area (Å²) in [5.41, 5.74) is -1.05. The van der Waals surface area contributed by atoms with Crippen LogP contribution in [0, 0.1) is 0 Å². The molecule has 0 aliphatic heterocycles. The number of hydrogen-bond donors (Lipinski definition) is 1. The Morgan fingerprint density at radius 2 is 1.72 bits per heavy atom. The predicted molar refractivity (Wildman–Crippen MR) is 82.3 cm³/mol. The zero-order valence-corrected chi connectivity index (χ0v) is 14.3. The van der Waals surface area contributed by atoms with Gasteiger partial charge in [0.2, 0.25) is 0 Å². The summed E-state index contributed by atoms with van der Waals surface area (Å²) in [4.78, 5) is 11.1. The fraction of sp³-hybridized carbons (Fsp3) is 0.154. The lowest BCUT2D eigenvalue weighted by atomic mass is 10.2. The molecule has 1 heterocycles. The van der Waals surface area contributed by atoms with Gasteiger partial charge in [0.1, 0.15) is 4.88 Å². The quantitative estimate of drug-likeness (QED) is 0.585. The maximum atomic E-state index is 12.5. The van der Waals surface area contributed by atoms with Gasteiger partial charge in [-0.3, -0.25) is 4.79 Å². The second-order valence-corrected chi connectivity index (χ2v) is 8.08. The lowest BCUT2D eigenvalue weighted by Crippen LogP contribution is -2.30. The predicted octanol–water partition coefficient (Wildman–Crippen LogP) is 4.20. The molecule has 0 saturated carbocycles. The second kappa shape index (κ2) is 7.30. The van der Waals surface area contributed by atoms with Crippen molar-refractivity contribution >= 4 is 39.0 Å². The van der Waals surface area contributed by atoms with E-state index in [1.165, 1.54) is 11.4 Å². The van der Waals surface area contributed by atoms with Crippen molar-refractivity contribution in [3.63, 3.8) is 0 Å². The topological polar surface area (TPSA) is 63.2 Å². The number of nitrogens with one attached hydrogen (secondary N) is 1.